The minimum Gasteiger partial charge on any atom is -0.228 e. The molecule has 0 fully saturated rings. The van der Waals surface area contributed by atoms with Crippen molar-refractivity contribution in [3.8, 4) is 28.7 Å². The van der Waals surface area contributed by atoms with Crippen LogP contribution in [0.5, 0.6) is 0 Å². The minimum absolute atomic E-state index is 0.327. The lowest BCUT2D eigenvalue weighted by atomic mass is 9.75. The molecule has 0 radical (unpaired) electrons. The Kier molecular flexibility index (Phi) is 8.02. The summed E-state index contributed by atoms with van der Waals surface area (Å²) in [6.07, 6.45) is 10.7. The summed E-state index contributed by atoms with van der Waals surface area (Å²) in [6.45, 7) is 8.86. The molecule has 0 amide bonds. The molecule has 0 saturated carbocycles. The Morgan fingerprint density at radius 3 is 2.44 bits per heavy atom. The summed E-state index contributed by atoms with van der Waals surface area (Å²) in [5.74, 6) is 1.18. The van der Waals surface area contributed by atoms with Gasteiger partial charge >= 0.3 is 0 Å². The van der Waals surface area contributed by atoms with Crippen molar-refractivity contribution < 1.29 is 0 Å². The van der Waals surface area contributed by atoms with Gasteiger partial charge in [-0.25, -0.2) is 9.97 Å². The molecule has 0 spiro atoms. The highest BCUT2D eigenvalue weighted by molar-refractivity contribution is 7.99. The van der Waals surface area contributed by atoms with E-state index < -0.39 is 0 Å². The van der Waals surface area contributed by atoms with Crippen LogP contribution in [0.25, 0.3) is 33.5 Å². The van der Waals surface area contributed by atoms with Crippen molar-refractivity contribution in [1.82, 2.24) is 9.97 Å². The first-order chi connectivity index (χ1) is 20.9. The Morgan fingerprint density at radius 2 is 1.65 bits per heavy atom. The Morgan fingerprint density at radius 1 is 0.884 bits per heavy atom. The number of allylic oxidation sites excluding steroid dienone is 4. The summed E-state index contributed by atoms with van der Waals surface area (Å²) in [5.41, 5.74) is 7.40. The molecule has 1 aromatic heterocycles. The van der Waals surface area contributed by atoms with Crippen molar-refractivity contribution in [2.45, 2.75) is 55.7 Å². The Bertz CT molecular complexity index is 1910. The number of hydrogen-bond acceptors (Lipinski definition) is 4. The first-order valence-electron chi connectivity index (χ1n) is 15.0. The molecule has 0 N–H and O–H groups in total. The average Bonchev–Trinajstić information content (AvgIpc) is 3.03. The standard InChI is InChI=1S/C39H35N3S/c1-5-26(2)13-7-6-8-14-27-19-21-28(22-20-27)37-30-15-9-11-17-33(30)41-38(42-37)29-23-24-35-36(31(29)25-40)39(3,4)32-16-10-12-18-34(32)43-35/h6-13,15-24,26H,5,14H2,1-4H3/b8-6-,13-7-. The van der Waals surface area contributed by atoms with E-state index in [2.05, 4.69) is 119 Å². The van der Waals surface area contributed by atoms with E-state index in [1.807, 2.05) is 24.3 Å². The molecule has 1 aliphatic heterocycles. The van der Waals surface area contributed by atoms with Gasteiger partial charge in [0, 0.05) is 31.7 Å². The molecule has 0 aliphatic carbocycles. The molecule has 1 atom stereocenters. The summed E-state index contributed by atoms with van der Waals surface area (Å²) in [5, 5.41) is 11.6. The van der Waals surface area contributed by atoms with Gasteiger partial charge < -0.3 is 0 Å². The zero-order valence-corrected chi connectivity index (χ0v) is 26.0. The maximum absolute atomic E-state index is 10.6. The first-order valence-corrected chi connectivity index (χ1v) is 15.8. The minimum atomic E-state index is -0.327. The van der Waals surface area contributed by atoms with E-state index in [0.29, 0.717) is 17.3 Å². The Balaban J connectivity index is 1.40. The summed E-state index contributed by atoms with van der Waals surface area (Å²) >= 11 is 1.73. The number of nitrogens with zero attached hydrogens (tertiary/aromatic N) is 3. The van der Waals surface area contributed by atoms with Crippen molar-refractivity contribution in [3.05, 3.63) is 131 Å². The lowest BCUT2D eigenvalue weighted by molar-refractivity contribution is 0.605. The summed E-state index contributed by atoms with van der Waals surface area (Å²) in [4.78, 5) is 12.5. The molecule has 43 heavy (non-hydrogen) atoms. The second kappa shape index (κ2) is 12.0. The summed E-state index contributed by atoms with van der Waals surface area (Å²) in [6, 6.07) is 32.0. The van der Waals surface area contributed by atoms with E-state index in [4.69, 9.17) is 9.97 Å². The van der Waals surface area contributed by atoms with Crippen LogP contribution in [0.4, 0.5) is 0 Å². The van der Waals surface area contributed by atoms with Gasteiger partial charge in [-0.15, -0.1) is 0 Å². The molecule has 4 aromatic carbocycles. The number of aromatic nitrogens is 2. The third kappa shape index (κ3) is 5.54. The summed E-state index contributed by atoms with van der Waals surface area (Å²) < 4.78 is 0. The van der Waals surface area contributed by atoms with Crippen LogP contribution in [0.2, 0.25) is 0 Å². The van der Waals surface area contributed by atoms with Crippen molar-refractivity contribution in [3.63, 3.8) is 0 Å². The smallest absolute Gasteiger partial charge is 0.161 e. The maximum atomic E-state index is 10.6. The van der Waals surface area contributed by atoms with Gasteiger partial charge in [-0.3, -0.25) is 0 Å². The highest BCUT2D eigenvalue weighted by atomic mass is 32.2. The zero-order valence-electron chi connectivity index (χ0n) is 25.1. The number of nitriles is 1. The molecule has 6 rings (SSSR count). The molecular formula is C39H35N3S. The first kappa shape index (κ1) is 28.6. The molecule has 0 bridgehead atoms. The van der Waals surface area contributed by atoms with Gasteiger partial charge in [-0.05, 0) is 53.3 Å². The van der Waals surface area contributed by atoms with Crippen LogP contribution in [0.3, 0.4) is 0 Å². The lowest BCUT2D eigenvalue weighted by Crippen LogP contribution is -2.25. The molecule has 3 nitrogen and oxygen atoms in total. The van der Waals surface area contributed by atoms with Crippen LogP contribution < -0.4 is 0 Å². The van der Waals surface area contributed by atoms with Crippen molar-refractivity contribution >= 4 is 22.7 Å². The maximum Gasteiger partial charge on any atom is 0.161 e. The van der Waals surface area contributed by atoms with Gasteiger partial charge in [0.1, 0.15) is 6.07 Å². The topological polar surface area (TPSA) is 49.6 Å². The van der Waals surface area contributed by atoms with Gasteiger partial charge in [0.2, 0.25) is 0 Å². The fourth-order valence-corrected chi connectivity index (χ4v) is 7.22. The third-order valence-electron chi connectivity index (χ3n) is 8.44. The fourth-order valence-electron chi connectivity index (χ4n) is 5.81. The monoisotopic (exact) mass is 577 g/mol. The molecule has 4 heteroatoms. The lowest BCUT2D eigenvalue weighted by Gasteiger charge is -2.35. The Labute approximate surface area is 259 Å². The molecule has 0 saturated heterocycles. The molecule has 212 valence electrons. The van der Waals surface area contributed by atoms with E-state index in [9.17, 15) is 5.26 Å². The van der Waals surface area contributed by atoms with Crippen LogP contribution >= 0.6 is 11.8 Å². The molecule has 1 unspecified atom stereocenters. The van der Waals surface area contributed by atoms with Crippen molar-refractivity contribution in [2.24, 2.45) is 5.92 Å². The number of fused-ring (bicyclic) bond motifs is 3. The normalized spacial score (nSPS) is 14.5. The number of rotatable bonds is 7. The largest absolute Gasteiger partial charge is 0.228 e. The Hall–Kier alpha value is -4.46. The van der Waals surface area contributed by atoms with Gasteiger partial charge in [-0.1, -0.05) is 131 Å². The van der Waals surface area contributed by atoms with E-state index in [1.165, 1.54) is 16.0 Å². The SMILES string of the molecule is CCC(C)/C=C\C=C/Cc1ccc(-c2nc(-c3ccc4c(c3C#N)C(C)(C)c3ccccc3S4)nc3ccccc23)cc1. The van der Waals surface area contributed by atoms with Gasteiger partial charge in [0.05, 0.1) is 16.8 Å². The highest BCUT2D eigenvalue weighted by Gasteiger charge is 2.36. The van der Waals surface area contributed by atoms with E-state index >= 15 is 0 Å². The highest BCUT2D eigenvalue weighted by Crippen LogP contribution is 2.51. The van der Waals surface area contributed by atoms with Crippen LogP contribution in [-0.4, -0.2) is 9.97 Å². The van der Waals surface area contributed by atoms with Gasteiger partial charge in [0.25, 0.3) is 0 Å². The quantitative estimate of drug-likeness (QED) is 0.181. The van der Waals surface area contributed by atoms with Crippen molar-refractivity contribution in [2.75, 3.05) is 0 Å². The predicted octanol–water partition coefficient (Wildman–Crippen LogP) is 10.3. The van der Waals surface area contributed by atoms with Crippen molar-refractivity contribution in [1.29, 1.82) is 5.26 Å². The predicted molar refractivity (Wildman–Crippen MR) is 179 cm³/mol. The van der Waals surface area contributed by atoms with Crippen LogP contribution in [0.1, 0.15) is 56.4 Å². The number of benzene rings is 4. The molecule has 1 aliphatic rings. The molecule has 5 aromatic rings. The van der Waals surface area contributed by atoms with Crippen LogP contribution in [0.15, 0.2) is 119 Å². The zero-order chi connectivity index (χ0) is 30.0. The van der Waals surface area contributed by atoms with Crippen LogP contribution in [-0.2, 0) is 11.8 Å². The second-order valence-corrected chi connectivity index (χ2v) is 12.8. The van der Waals surface area contributed by atoms with Gasteiger partial charge in [-0.2, -0.15) is 5.26 Å². The van der Waals surface area contributed by atoms with Gasteiger partial charge in [0.15, 0.2) is 5.82 Å². The molecular weight excluding hydrogens is 543 g/mol. The molecule has 2 heterocycles. The number of hydrogen-bond donors (Lipinski definition) is 0. The fraction of sp³-hybridized carbons (Fsp3) is 0.205. The van der Waals surface area contributed by atoms with E-state index in [0.717, 1.165) is 51.0 Å². The summed E-state index contributed by atoms with van der Waals surface area (Å²) in [7, 11) is 0. The third-order valence-corrected chi connectivity index (χ3v) is 9.58. The second-order valence-electron chi connectivity index (χ2n) is 11.7. The number of para-hydroxylation sites is 1. The van der Waals surface area contributed by atoms with Crippen LogP contribution in [0, 0.1) is 17.2 Å². The van der Waals surface area contributed by atoms with E-state index in [1.54, 1.807) is 11.8 Å². The average molecular weight is 578 g/mol. The van der Waals surface area contributed by atoms with E-state index in [-0.39, 0.29) is 5.41 Å².